The number of rotatable bonds is 6. The first-order chi connectivity index (χ1) is 14.1. The van der Waals surface area contributed by atoms with Crippen LogP contribution in [0.25, 0.3) is 0 Å². The second-order valence-corrected chi connectivity index (χ2v) is 9.49. The van der Waals surface area contributed by atoms with Crippen LogP contribution in [0.2, 0.25) is 0 Å². The van der Waals surface area contributed by atoms with Crippen molar-refractivity contribution < 1.29 is 23.9 Å². The Morgan fingerprint density at radius 2 is 1.87 bits per heavy atom. The average Bonchev–Trinajstić information content (AvgIpc) is 3.31. The summed E-state index contributed by atoms with van der Waals surface area (Å²) in [5, 5.41) is 3.69. The van der Waals surface area contributed by atoms with E-state index in [2.05, 4.69) is 0 Å². The third-order valence-corrected chi connectivity index (χ3v) is 5.74. The van der Waals surface area contributed by atoms with Gasteiger partial charge in [-0.25, -0.2) is 9.69 Å². The normalized spacial score (nSPS) is 18.6. The zero-order valence-electron chi connectivity index (χ0n) is 17.7. The molecule has 2 unspecified atom stereocenters. The second-order valence-electron chi connectivity index (χ2n) is 8.71. The Labute approximate surface area is 180 Å². The van der Waals surface area contributed by atoms with Crippen molar-refractivity contribution in [2.75, 3.05) is 6.61 Å². The zero-order chi connectivity index (χ0) is 21.9. The molecule has 2 aromatic rings. The van der Waals surface area contributed by atoms with Crippen molar-refractivity contribution in [3.63, 3.8) is 0 Å². The van der Waals surface area contributed by atoms with Gasteiger partial charge in [0.1, 0.15) is 12.2 Å². The molecule has 3 rings (SSSR count). The maximum atomic E-state index is 13.3. The first-order valence-corrected chi connectivity index (χ1v) is 10.8. The molecule has 0 bridgehead atoms. The smallest absolute Gasteiger partial charge is 0.416 e. The van der Waals surface area contributed by atoms with Crippen molar-refractivity contribution in [3.05, 3.63) is 58.3 Å². The summed E-state index contributed by atoms with van der Waals surface area (Å²) in [6, 6.07) is 11.0. The van der Waals surface area contributed by atoms with Crippen LogP contribution in [0.15, 0.2) is 47.2 Å². The van der Waals surface area contributed by atoms with Gasteiger partial charge in [0.05, 0.1) is 11.5 Å². The van der Waals surface area contributed by atoms with Gasteiger partial charge < -0.3 is 9.47 Å². The highest BCUT2D eigenvalue weighted by Gasteiger charge is 2.46. The predicted molar refractivity (Wildman–Crippen MR) is 114 cm³/mol. The van der Waals surface area contributed by atoms with Gasteiger partial charge in [-0.15, -0.1) is 0 Å². The lowest BCUT2D eigenvalue weighted by Gasteiger charge is -2.32. The second kappa shape index (κ2) is 8.60. The minimum Gasteiger partial charge on any atom is -0.459 e. The van der Waals surface area contributed by atoms with E-state index in [1.54, 1.807) is 27.7 Å². The number of ether oxygens (including phenoxy) is 2. The molecule has 0 spiro atoms. The van der Waals surface area contributed by atoms with Crippen LogP contribution in [0.1, 0.15) is 45.2 Å². The van der Waals surface area contributed by atoms with Crippen LogP contribution in [0, 0.1) is 0 Å². The summed E-state index contributed by atoms with van der Waals surface area (Å²) in [7, 11) is 0. The lowest BCUT2D eigenvalue weighted by atomic mass is 9.80. The van der Waals surface area contributed by atoms with E-state index in [9.17, 15) is 14.4 Å². The van der Waals surface area contributed by atoms with E-state index in [0.717, 1.165) is 10.5 Å². The van der Waals surface area contributed by atoms with Crippen molar-refractivity contribution in [2.45, 2.75) is 57.6 Å². The van der Waals surface area contributed by atoms with Gasteiger partial charge in [0, 0.05) is 6.42 Å². The topological polar surface area (TPSA) is 72.9 Å². The predicted octanol–water partition coefficient (Wildman–Crippen LogP) is 4.33. The maximum Gasteiger partial charge on any atom is 0.416 e. The number of hydrogen-bond donors (Lipinski definition) is 0. The number of nitrogens with zero attached hydrogens (tertiary/aromatic N) is 1. The van der Waals surface area contributed by atoms with Crippen molar-refractivity contribution in [2.24, 2.45) is 0 Å². The standard InChI is InChI=1S/C23H27NO5S/c1-22(2,3)29-20(26)23(4,17-10-11-30-15-17)13-19(25)24-18(14-28-21(24)27)12-16-8-6-5-7-9-16/h5-11,15,18H,12-14H2,1-4H3. The Balaban J connectivity index is 1.83. The fourth-order valence-corrected chi connectivity index (χ4v) is 4.24. The molecule has 0 saturated carbocycles. The lowest BCUT2D eigenvalue weighted by molar-refractivity contribution is -0.163. The highest BCUT2D eigenvalue weighted by molar-refractivity contribution is 7.08. The molecule has 30 heavy (non-hydrogen) atoms. The van der Waals surface area contributed by atoms with Crippen molar-refractivity contribution in [1.29, 1.82) is 0 Å². The Kier molecular flexibility index (Phi) is 6.31. The number of carbonyl (C=O) groups is 3. The first-order valence-electron chi connectivity index (χ1n) is 9.89. The number of carbonyl (C=O) groups excluding carboxylic acids is 3. The van der Waals surface area contributed by atoms with E-state index in [1.807, 2.05) is 47.2 Å². The summed E-state index contributed by atoms with van der Waals surface area (Å²) in [6.45, 7) is 7.19. The van der Waals surface area contributed by atoms with E-state index in [-0.39, 0.29) is 13.0 Å². The number of esters is 1. The molecule has 2 atom stereocenters. The fourth-order valence-electron chi connectivity index (χ4n) is 3.45. The summed E-state index contributed by atoms with van der Waals surface area (Å²) < 4.78 is 10.8. The van der Waals surface area contributed by atoms with Crippen LogP contribution >= 0.6 is 11.3 Å². The van der Waals surface area contributed by atoms with E-state index in [4.69, 9.17) is 9.47 Å². The highest BCUT2D eigenvalue weighted by atomic mass is 32.1. The molecular formula is C23H27NO5S. The first kappa shape index (κ1) is 22.0. The lowest BCUT2D eigenvalue weighted by Crippen LogP contribution is -2.46. The maximum absolute atomic E-state index is 13.3. The molecule has 0 N–H and O–H groups in total. The van der Waals surface area contributed by atoms with E-state index in [1.165, 1.54) is 11.3 Å². The van der Waals surface area contributed by atoms with Crippen molar-refractivity contribution in [1.82, 2.24) is 4.90 Å². The van der Waals surface area contributed by atoms with Gasteiger partial charge in [0.25, 0.3) is 0 Å². The number of thiophene rings is 1. The highest BCUT2D eigenvalue weighted by Crippen LogP contribution is 2.34. The summed E-state index contributed by atoms with van der Waals surface area (Å²) >= 11 is 1.44. The minimum atomic E-state index is -1.20. The molecule has 0 aliphatic carbocycles. The monoisotopic (exact) mass is 429 g/mol. The van der Waals surface area contributed by atoms with Crippen LogP contribution in [0.5, 0.6) is 0 Å². The largest absolute Gasteiger partial charge is 0.459 e. The van der Waals surface area contributed by atoms with Crippen LogP contribution < -0.4 is 0 Å². The Bertz CT molecular complexity index is 903. The van der Waals surface area contributed by atoms with E-state index in [0.29, 0.717) is 12.0 Å². The molecule has 6 nitrogen and oxygen atoms in total. The SMILES string of the molecule is CC(C)(C)OC(=O)C(C)(CC(=O)N1C(=O)OCC1Cc1ccccc1)c1ccsc1. The third kappa shape index (κ3) is 4.90. The van der Waals surface area contributed by atoms with Crippen molar-refractivity contribution in [3.8, 4) is 0 Å². The van der Waals surface area contributed by atoms with Gasteiger partial charge in [0.2, 0.25) is 5.91 Å². The summed E-state index contributed by atoms with van der Waals surface area (Å²) in [5.74, 6) is -0.938. The molecule has 1 aliphatic rings. The van der Waals surface area contributed by atoms with Crippen LogP contribution in [0.3, 0.4) is 0 Å². The van der Waals surface area contributed by atoms with Gasteiger partial charge in [-0.2, -0.15) is 11.3 Å². The molecule has 160 valence electrons. The molecule has 0 radical (unpaired) electrons. The van der Waals surface area contributed by atoms with Crippen LogP contribution in [-0.2, 0) is 30.9 Å². The van der Waals surface area contributed by atoms with E-state index < -0.39 is 35.0 Å². The molecule has 7 heteroatoms. The van der Waals surface area contributed by atoms with Crippen molar-refractivity contribution >= 4 is 29.3 Å². The molecular weight excluding hydrogens is 402 g/mol. The quantitative estimate of drug-likeness (QED) is 0.639. The van der Waals surface area contributed by atoms with Gasteiger partial charge >= 0.3 is 12.1 Å². The summed E-state index contributed by atoms with van der Waals surface area (Å²) in [6.07, 6.45) is -0.350. The van der Waals surface area contributed by atoms with Crippen LogP contribution in [0.4, 0.5) is 4.79 Å². The number of imide groups is 1. The zero-order valence-corrected chi connectivity index (χ0v) is 18.5. The molecule has 1 aliphatic heterocycles. The molecule has 2 heterocycles. The van der Waals surface area contributed by atoms with Gasteiger partial charge in [-0.05, 0) is 62.1 Å². The number of hydrogen-bond acceptors (Lipinski definition) is 6. The number of amides is 2. The van der Waals surface area contributed by atoms with Gasteiger partial charge in [0.15, 0.2) is 0 Å². The summed E-state index contributed by atoms with van der Waals surface area (Å²) in [5.41, 5.74) is -0.196. The average molecular weight is 430 g/mol. The van der Waals surface area contributed by atoms with Gasteiger partial charge in [-0.1, -0.05) is 30.3 Å². The minimum absolute atomic E-state index is 0.140. The molecule has 2 amide bonds. The summed E-state index contributed by atoms with van der Waals surface area (Å²) in [4.78, 5) is 39.8. The molecule has 1 aromatic heterocycles. The fraction of sp³-hybridized carbons (Fsp3) is 0.435. The number of benzene rings is 1. The van der Waals surface area contributed by atoms with Gasteiger partial charge in [-0.3, -0.25) is 9.59 Å². The Morgan fingerprint density at radius 1 is 1.17 bits per heavy atom. The molecule has 1 aromatic carbocycles. The van der Waals surface area contributed by atoms with E-state index >= 15 is 0 Å². The molecule has 1 saturated heterocycles. The van der Waals surface area contributed by atoms with Crippen LogP contribution in [-0.4, -0.2) is 41.1 Å². The molecule has 1 fully saturated rings. The Hall–Kier alpha value is -2.67. The third-order valence-electron chi connectivity index (χ3n) is 5.06. The Morgan fingerprint density at radius 3 is 2.47 bits per heavy atom. The number of cyclic esters (lactones) is 1.